The summed E-state index contributed by atoms with van der Waals surface area (Å²) < 4.78 is 0. The predicted octanol–water partition coefficient (Wildman–Crippen LogP) is -0.437. The molecule has 0 aromatic heterocycles. The van der Waals surface area contributed by atoms with Crippen molar-refractivity contribution in [3.63, 3.8) is 0 Å². The molecule has 1 aliphatic rings. The maximum Gasteiger partial charge on any atom is 0.234 e. The number of rotatable bonds is 2. The Balaban J connectivity index is 2.54. The van der Waals surface area contributed by atoms with Crippen molar-refractivity contribution in [2.75, 3.05) is 13.1 Å². The Morgan fingerprint density at radius 1 is 1.62 bits per heavy atom. The third-order valence-electron chi connectivity index (χ3n) is 2.63. The van der Waals surface area contributed by atoms with Crippen molar-refractivity contribution in [3.8, 4) is 0 Å². The van der Waals surface area contributed by atoms with Gasteiger partial charge < -0.3 is 10.8 Å². The molecule has 3 atom stereocenters. The molecule has 1 amide bonds. The standard InChI is InChI=1S/C9H18N2O2/c1-6-3-8(12)5-11(4-6)7(2)9(10)13/h6-8,12H,3-5H2,1-2H3,(H2,10,13). The number of nitrogens with two attached hydrogens (primary N) is 1. The van der Waals surface area contributed by atoms with Crippen molar-refractivity contribution in [2.24, 2.45) is 11.7 Å². The van der Waals surface area contributed by atoms with Crippen molar-refractivity contribution in [3.05, 3.63) is 0 Å². The lowest BCUT2D eigenvalue weighted by Gasteiger charge is -2.36. The average molecular weight is 186 g/mol. The summed E-state index contributed by atoms with van der Waals surface area (Å²) in [5.41, 5.74) is 5.20. The number of hydrogen-bond acceptors (Lipinski definition) is 3. The molecule has 4 nitrogen and oxygen atoms in total. The Kier molecular flexibility index (Phi) is 3.27. The molecule has 1 saturated heterocycles. The van der Waals surface area contributed by atoms with Crippen molar-refractivity contribution in [1.82, 2.24) is 4.90 Å². The van der Waals surface area contributed by atoms with Crippen molar-refractivity contribution < 1.29 is 9.90 Å². The van der Waals surface area contributed by atoms with Gasteiger partial charge in [0.1, 0.15) is 0 Å². The van der Waals surface area contributed by atoms with E-state index < -0.39 is 0 Å². The highest BCUT2D eigenvalue weighted by Gasteiger charge is 2.28. The summed E-state index contributed by atoms with van der Waals surface area (Å²) in [6.45, 7) is 5.27. The number of aliphatic hydroxyl groups is 1. The largest absolute Gasteiger partial charge is 0.392 e. The molecule has 76 valence electrons. The molecule has 0 radical (unpaired) electrons. The molecule has 1 heterocycles. The van der Waals surface area contributed by atoms with Gasteiger partial charge in [-0.25, -0.2) is 0 Å². The molecule has 1 rings (SSSR count). The highest BCUT2D eigenvalue weighted by molar-refractivity contribution is 5.79. The highest BCUT2D eigenvalue weighted by Crippen LogP contribution is 2.17. The van der Waals surface area contributed by atoms with E-state index in [4.69, 9.17) is 5.73 Å². The second-order valence-corrected chi connectivity index (χ2v) is 4.03. The van der Waals surface area contributed by atoms with E-state index in [0.717, 1.165) is 13.0 Å². The zero-order valence-electron chi connectivity index (χ0n) is 8.23. The van der Waals surface area contributed by atoms with E-state index in [-0.39, 0.29) is 18.1 Å². The van der Waals surface area contributed by atoms with Crippen LogP contribution in [0.5, 0.6) is 0 Å². The van der Waals surface area contributed by atoms with Crippen LogP contribution < -0.4 is 5.73 Å². The molecule has 1 fully saturated rings. The van der Waals surface area contributed by atoms with E-state index >= 15 is 0 Å². The summed E-state index contributed by atoms with van der Waals surface area (Å²) in [6.07, 6.45) is 0.507. The molecule has 0 aliphatic carbocycles. The molecular formula is C9H18N2O2. The Morgan fingerprint density at radius 2 is 2.23 bits per heavy atom. The molecule has 0 spiro atoms. The second kappa shape index (κ2) is 4.07. The molecule has 3 unspecified atom stereocenters. The Labute approximate surface area is 78.7 Å². The van der Waals surface area contributed by atoms with Gasteiger partial charge >= 0.3 is 0 Å². The molecule has 3 N–H and O–H groups in total. The topological polar surface area (TPSA) is 66.6 Å². The molecule has 4 heteroatoms. The molecule has 13 heavy (non-hydrogen) atoms. The Hall–Kier alpha value is -0.610. The van der Waals surface area contributed by atoms with Crippen LogP contribution in [0.4, 0.5) is 0 Å². The number of amides is 1. The number of nitrogens with zero attached hydrogens (tertiary/aromatic N) is 1. The van der Waals surface area contributed by atoms with Gasteiger partial charge in [0.15, 0.2) is 0 Å². The first-order chi connectivity index (χ1) is 6.00. The summed E-state index contributed by atoms with van der Waals surface area (Å²) in [5, 5.41) is 9.49. The van der Waals surface area contributed by atoms with Crippen LogP contribution >= 0.6 is 0 Å². The summed E-state index contributed by atoms with van der Waals surface area (Å²) in [6, 6.07) is -0.266. The van der Waals surface area contributed by atoms with Gasteiger partial charge in [0, 0.05) is 13.1 Å². The molecule has 0 aromatic rings. The van der Waals surface area contributed by atoms with Gasteiger partial charge in [0.25, 0.3) is 0 Å². The number of carbonyl (C=O) groups excluding carboxylic acids is 1. The fourth-order valence-electron chi connectivity index (χ4n) is 1.86. The summed E-state index contributed by atoms with van der Waals surface area (Å²) in [7, 11) is 0. The Bertz CT molecular complexity index is 186. The lowest BCUT2D eigenvalue weighted by atomic mass is 9.97. The zero-order chi connectivity index (χ0) is 10.0. The van der Waals surface area contributed by atoms with Crippen LogP contribution in [0.15, 0.2) is 0 Å². The number of β-amino-alcohol motifs (C(OH)–C–C–N with tert-alkyl or cyclic N) is 1. The maximum absolute atomic E-state index is 10.9. The van der Waals surface area contributed by atoms with Gasteiger partial charge in [-0.1, -0.05) is 6.92 Å². The summed E-state index contributed by atoms with van der Waals surface area (Å²) in [5.74, 6) is 0.117. The van der Waals surface area contributed by atoms with E-state index in [1.54, 1.807) is 6.92 Å². The molecule has 0 bridgehead atoms. The van der Waals surface area contributed by atoms with Gasteiger partial charge in [-0.15, -0.1) is 0 Å². The van der Waals surface area contributed by atoms with E-state index in [2.05, 4.69) is 6.92 Å². The van der Waals surface area contributed by atoms with E-state index in [1.165, 1.54) is 0 Å². The molecular weight excluding hydrogens is 168 g/mol. The van der Waals surface area contributed by atoms with E-state index in [9.17, 15) is 9.90 Å². The quantitative estimate of drug-likeness (QED) is 0.614. The highest BCUT2D eigenvalue weighted by atomic mass is 16.3. The SMILES string of the molecule is CC1CC(O)CN(C(C)C(N)=O)C1. The minimum absolute atomic E-state index is 0.266. The normalized spacial score (nSPS) is 32.8. The third-order valence-corrected chi connectivity index (χ3v) is 2.63. The van der Waals surface area contributed by atoms with Crippen molar-refractivity contribution >= 4 is 5.91 Å². The van der Waals surface area contributed by atoms with Crippen LogP contribution in [-0.4, -0.2) is 41.1 Å². The minimum atomic E-state index is -0.318. The third kappa shape index (κ3) is 2.67. The molecule has 1 aliphatic heterocycles. The van der Waals surface area contributed by atoms with Gasteiger partial charge in [-0.05, 0) is 19.3 Å². The second-order valence-electron chi connectivity index (χ2n) is 4.03. The molecule has 0 saturated carbocycles. The maximum atomic E-state index is 10.9. The number of carbonyl (C=O) groups is 1. The Morgan fingerprint density at radius 3 is 2.69 bits per heavy atom. The zero-order valence-corrected chi connectivity index (χ0v) is 8.23. The number of primary amides is 1. The number of aliphatic hydroxyl groups excluding tert-OH is 1. The van der Waals surface area contributed by atoms with Gasteiger partial charge in [-0.3, -0.25) is 9.69 Å². The van der Waals surface area contributed by atoms with Gasteiger partial charge in [0.05, 0.1) is 12.1 Å². The average Bonchev–Trinajstić information content (AvgIpc) is 2.01. The molecule has 0 aromatic carbocycles. The van der Waals surface area contributed by atoms with Crippen LogP contribution in [0, 0.1) is 5.92 Å². The fourth-order valence-corrected chi connectivity index (χ4v) is 1.86. The van der Waals surface area contributed by atoms with Crippen LogP contribution in [0.2, 0.25) is 0 Å². The van der Waals surface area contributed by atoms with Gasteiger partial charge in [-0.2, -0.15) is 0 Å². The lowest BCUT2D eigenvalue weighted by molar-refractivity contribution is -0.124. The summed E-state index contributed by atoms with van der Waals surface area (Å²) >= 11 is 0. The number of likely N-dealkylation sites (tertiary alicyclic amines) is 1. The fraction of sp³-hybridized carbons (Fsp3) is 0.889. The van der Waals surface area contributed by atoms with Crippen LogP contribution in [-0.2, 0) is 4.79 Å². The number of hydrogen-bond donors (Lipinski definition) is 2. The van der Waals surface area contributed by atoms with Crippen molar-refractivity contribution in [1.29, 1.82) is 0 Å². The number of piperidine rings is 1. The predicted molar refractivity (Wildman–Crippen MR) is 50.0 cm³/mol. The van der Waals surface area contributed by atoms with Gasteiger partial charge in [0.2, 0.25) is 5.91 Å². The van der Waals surface area contributed by atoms with Crippen LogP contribution in [0.1, 0.15) is 20.3 Å². The minimum Gasteiger partial charge on any atom is -0.392 e. The van der Waals surface area contributed by atoms with E-state index in [0.29, 0.717) is 12.5 Å². The monoisotopic (exact) mass is 186 g/mol. The van der Waals surface area contributed by atoms with Crippen molar-refractivity contribution in [2.45, 2.75) is 32.4 Å². The van der Waals surface area contributed by atoms with Crippen LogP contribution in [0.3, 0.4) is 0 Å². The smallest absolute Gasteiger partial charge is 0.234 e. The first-order valence-electron chi connectivity index (χ1n) is 4.72. The lowest BCUT2D eigenvalue weighted by Crippen LogP contribution is -2.51. The van der Waals surface area contributed by atoms with E-state index in [1.807, 2.05) is 4.90 Å². The van der Waals surface area contributed by atoms with Crippen LogP contribution in [0.25, 0.3) is 0 Å². The first kappa shape index (κ1) is 10.5. The summed E-state index contributed by atoms with van der Waals surface area (Å²) in [4.78, 5) is 12.9. The first-order valence-corrected chi connectivity index (χ1v) is 4.72.